The summed E-state index contributed by atoms with van der Waals surface area (Å²) in [5, 5.41) is 21.9. The number of hydrogen-bond acceptors (Lipinski definition) is 4. The van der Waals surface area contributed by atoms with Crippen LogP contribution in [0.5, 0.6) is 11.5 Å². The summed E-state index contributed by atoms with van der Waals surface area (Å²) in [6.07, 6.45) is 1.43. The summed E-state index contributed by atoms with van der Waals surface area (Å²) in [6.45, 7) is 0.297. The average molecular weight is 484 g/mol. The van der Waals surface area contributed by atoms with Crippen molar-refractivity contribution in [1.29, 1.82) is 5.26 Å². The summed E-state index contributed by atoms with van der Waals surface area (Å²) in [7, 11) is 0. The number of amides is 1. The molecule has 0 spiro atoms. The van der Waals surface area contributed by atoms with Crippen LogP contribution in [0.3, 0.4) is 0 Å². The second kappa shape index (κ2) is 9.97. The van der Waals surface area contributed by atoms with Crippen LogP contribution in [-0.2, 0) is 11.4 Å². The van der Waals surface area contributed by atoms with Gasteiger partial charge in [-0.15, -0.1) is 0 Å². The molecule has 0 saturated carbocycles. The number of carbonyl (C=O) groups is 1. The molecule has 0 heterocycles. The summed E-state index contributed by atoms with van der Waals surface area (Å²) in [4.78, 5) is 12.5. The zero-order chi connectivity index (χ0) is 21.5. The van der Waals surface area contributed by atoms with Crippen LogP contribution < -0.4 is 10.1 Å². The van der Waals surface area contributed by atoms with Crippen LogP contribution >= 0.6 is 27.5 Å². The smallest absolute Gasteiger partial charge is 0.266 e. The van der Waals surface area contributed by atoms with Gasteiger partial charge in [0.1, 0.15) is 29.7 Å². The third-order valence-corrected chi connectivity index (χ3v) is 5.11. The van der Waals surface area contributed by atoms with Crippen molar-refractivity contribution in [3.63, 3.8) is 0 Å². The van der Waals surface area contributed by atoms with Crippen LogP contribution in [0, 0.1) is 11.3 Å². The summed E-state index contributed by atoms with van der Waals surface area (Å²) in [6, 6.07) is 20.5. The normalized spacial score (nSPS) is 10.9. The van der Waals surface area contributed by atoms with E-state index < -0.39 is 5.91 Å². The molecule has 0 radical (unpaired) electrons. The van der Waals surface area contributed by atoms with E-state index in [9.17, 15) is 15.2 Å². The van der Waals surface area contributed by atoms with E-state index in [4.69, 9.17) is 16.3 Å². The minimum atomic E-state index is -0.583. The van der Waals surface area contributed by atoms with Gasteiger partial charge in [-0.25, -0.2) is 0 Å². The number of ether oxygens (including phenoxy) is 1. The van der Waals surface area contributed by atoms with Crippen molar-refractivity contribution >= 4 is 45.2 Å². The van der Waals surface area contributed by atoms with Crippen LogP contribution in [0.1, 0.15) is 11.1 Å². The molecule has 0 aliphatic rings. The first kappa shape index (κ1) is 21.4. The fourth-order valence-electron chi connectivity index (χ4n) is 2.58. The second-order valence-corrected chi connectivity index (χ2v) is 7.52. The second-order valence-electron chi connectivity index (χ2n) is 6.23. The van der Waals surface area contributed by atoms with Gasteiger partial charge in [0.15, 0.2) is 0 Å². The largest absolute Gasteiger partial charge is 0.508 e. The molecule has 0 aliphatic carbocycles. The minimum Gasteiger partial charge on any atom is -0.508 e. The van der Waals surface area contributed by atoms with Crippen LogP contribution in [0.15, 0.2) is 76.8 Å². The lowest BCUT2D eigenvalue weighted by Gasteiger charge is -2.11. The van der Waals surface area contributed by atoms with Gasteiger partial charge in [-0.05, 0) is 54.6 Å². The van der Waals surface area contributed by atoms with Crippen molar-refractivity contribution < 1.29 is 14.6 Å². The molecule has 3 rings (SSSR count). The molecule has 0 bridgehead atoms. The van der Waals surface area contributed by atoms with Crippen molar-refractivity contribution in [1.82, 2.24) is 0 Å². The first-order valence-corrected chi connectivity index (χ1v) is 10.0. The number of carbonyl (C=O) groups excluding carboxylic acids is 1. The lowest BCUT2D eigenvalue weighted by molar-refractivity contribution is -0.112. The number of nitrogens with zero attached hydrogens (tertiary/aromatic N) is 1. The maximum absolute atomic E-state index is 12.5. The number of nitrogens with one attached hydrogen (secondary N) is 1. The number of benzene rings is 3. The molecule has 1 amide bonds. The first-order chi connectivity index (χ1) is 14.5. The molecular formula is C23H16BrClN2O3. The van der Waals surface area contributed by atoms with E-state index in [0.717, 1.165) is 10.0 Å². The first-order valence-electron chi connectivity index (χ1n) is 8.84. The van der Waals surface area contributed by atoms with E-state index in [2.05, 4.69) is 21.2 Å². The fraction of sp³-hybridized carbons (Fsp3) is 0.0435. The van der Waals surface area contributed by atoms with E-state index >= 15 is 0 Å². The van der Waals surface area contributed by atoms with E-state index in [1.54, 1.807) is 18.2 Å². The van der Waals surface area contributed by atoms with Gasteiger partial charge in [0.25, 0.3) is 5.91 Å². The Kier molecular flexibility index (Phi) is 7.12. The summed E-state index contributed by atoms with van der Waals surface area (Å²) < 4.78 is 6.83. The van der Waals surface area contributed by atoms with Gasteiger partial charge in [0.2, 0.25) is 0 Å². The standard InChI is InChI=1S/C23H16BrClN2O3/c24-21-4-2-1-3-15(21)14-30-22-10-5-18(25)12-16(22)11-17(13-26)23(29)27-19-6-8-20(28)9-7-19/h1-12,28H,14H2,(H,27,29)/b17-11+. The Morgan fingerprint density at radius 1 is 1.17 bits per heavy atom. The molecule has 3 aromatic rings. The summed E-state index contributed by atoms with van der Waals surface area (Å²) in [5.41, 5.74) is 1.80. The lowest BCUT2D eigenvalue weighted by Crippen LogP contribution is -2.13. The number of rotatable bonds is 6. The number of phenolic OH excluding ortho intramolecular Hbond substituents is 1. The number of aromatic hydroxyl groups is 1. The molecule has 2 N–H and O–H groups in total. The Labute approximate surface area is 187 Å². The molecule has 0 fully saturated rings. The van der Waals surface area contributed by atoms with Gasteiger partial charge in [0, 0.05) is 26.3 Å². The Morgan fingerprint density at radius 3 is 2.60 bits per heavy atom. The van der Waals surface area contributed by atoms with Crippen LogP contribution in [-0.4, -0.2) is 11.0 Å². The molecule has 5 nitrogen and oxygen atoms in total. The maximum Gasteiger partial charge on any atom is 0.266 e. The quantitative estimate of drug-likeness (QED) is 0.258. The molecule has 0 aromatic heterocycles. The van der Waals surface area contributed by atoms with Gasteiger partial charge in [-0.2, -0.15) is 5.26 Å². The number of halogens is 2. The summed E-state index contributed by atoms with van der Waals surface area (Å²) >= 11 is 9.59. The van der Waals surface area contributed by atoms with Crippen molar-refractivity contribution in [2.45, 2.75) is 6.61 Å². The molecule has 0 saturated heterocycles. The predicted molar refractivity (Wildman–Crippen MR) is 120 cm³/mol. The van der Waals surface area contributed by atoms with Gasteiger partial charge >= 0.3 is 0 Å². The molecule has 7 heteroatoms. The van der Waals surface area contributed by atoms with Crippen molar-refractivity contribution in [2.75, 3.05) is 5.32 Å². The van der Waals surface area contributed by atoms with E-state index in [1.165, 1.54) is 30.3 Å². The highest BCUT2D eigenvalue weighted by Gasteiger charge is 2.12. The Bertz CT molecular complexity index is 1140. The third kappa shape index (κ3) is 5.63. The van der Waals surface area contributed by atoms with Gasteiger partial charge in [-0.3, -0.25) is 4.79 Å². The zero-order valence-electron chi connectivity index (χ0n) is 15.6. The number of nitriles is 1. The summed E-state index contributed by atoms with van der Waals surface area (Å²) in [5.74, 6) is -0.0184. The number of hydrogen-bond donors (Lipinski definition) is 2. The predicted octanol–water partition coefficient (Wildman–Crippen LogP) is 5.93. The van der Waals surface area contributed by atoms with Crippen LogP contribution in [0.2, 0.25) is 5.02 Å². The van der Waals surface area contributed by atoms with Gasteiger partial charge < -0.3 is 15.2 Å². The topological polar surface area (TPSA) is 82.3 Å². The van der Waals surface area contributed by atoms with E-state index in [-0.39, 0.29) is 11.3 Å². The monoisotopic (exact) mass is 482 g/mol. The average Bonchev–Trinajstić information content (AvgIpc) is 2.74. The molecule has 0 aliphatic heterocycles. The van der Waals surface area contributed by atoms with Crippen molar-refractivity contribution in [3.8, 4) is 17.6 Å². The van der Waals surface area contributed by atoms with E-state index in [1.807, 2.05) is 30.3 Å². The van der Waals surface area contributed by atoms with Crippen LogP contribution in [0.25, 0.3) is 6.08 Å². The SMILES string of the molecule is N#C/C(=C\c1cc(Cl)ccc1OCc1ccccc1Br)C(=O)Nc1ccc(O)cc1. The van der Waals surface area contributed by atoms with Crippen molar-refractivity contribution in [2.24, 2.45) is 0 Å². The lowest BCUT2D eigenvalue weighted by atomic mass is 10.1. The zero-order valence-corrected chi connectivity index (χ0v) is 17.9. The molecule has 0 unspecified atom stereocenters. The van der Waals surface area contributed by atoms with Crippen LogP contribution in [0.4, 0.5) is 5.69 Å². The number of phenols is 1. The Balaban J connectivity index is 1.83. The highest BCUT2D eigenvalue weighted by Crippen LogP contribution is 2.27. The molecule has 0 atom stereocenters. The van der Waals surface area contributed by atoms with Gasteiger partial charge in [-0.1, -0.05) is 45.7 Å². The minimum absolute atomic E-state index is 0.0785. The van der Waals surface area contributed by atoms with Crippen molar-refractivity contribution in [3.05, 3.63) is 92.9 Å². The molecule has 30 heavy (non-hydrogen) atoms. The fourth-order valence-corrected chi connectivity index (χ4v) is 3.16. The van der Waals surface area contributed by atoms with E-state index in [0.29, 0.717) is 28.6 Å². The maximum atomic E-state index is 12.5. The molecule has 150 valence electrons. The Hall–Kier alpha value is -3.27. The molecule has 3 aromatic carbocycles. The highest BCUT2D eigenvalue weighted by atomic mass is 79.9. The van der Waals surface area contributed by atoms with Gasteiger partial charge in [0.05, 0.1) is 0 Å². The molecular weight excluding hydrogens is 468 g/mol. The third-order valence-electron chi connectivity index (χ3n) is 4.10. The highest BCUT2D eigenvalue weighted by molar-refractivity contribution is 9.10. The Morgan fingerprint density at radius 2 is 1.90 bits per heavy atom. The number of anilines is 1.